The maximum Gasteiger partial charge on any atom is 0.239 e. The van der Waals surface area contributed by atoms with Gasteiger partial charge in [0.05, 0.1) is 13.2 Å². The van der Waals surface area contributed by atoms with Crippen molar-refractivity contribution in [1.82, 2.24) is 9.80 Å². The van der Waals surface area contributed by atoms with Gasteiger partial charge < -0.3 is 14.5 Å². The molecule has 5 nitrogen and oxygen atoms in total. The lowest BCUT2D eigenvalue weighted by molar-refractivity contribution is -0.139. The number of rotatable bonds is 2. The molecule has 0 unspecified atom stereocenters. The molecule has 101 valence electrons. The smallest absolute Gasteiger partial charge is 0.239 e. The van der Waals surface area contributed by atoms with Gasteiger partial charge in [0.25, 0.3) is 0 Å². The number of amides is 2. The van der Waals surface area contributed by atoms with Gasteiger partial charge in [-0.25, -0.2) is 0 Å². The second kappa shape index (κ2) is 6.43. The van der Waals surface area contributed by atoms with E-state index in [1.807, 2.05) is 11.8 Å². The second-order valence-corrected chi connectivity index (χ2v) is 5.66. The highest BCUT2D eigenvalue weighted by atomic mass is 32.2. The van der Waals surface area contributed by atoms with Crippen LogP contribution in [0.2, 0.25) is 0 Å². The third-order valence-corrected chi connectivity index (χ3v) is 4.18. The molecule has 2 aliphatic rings. The Kier molecular flexibility index (Phi) is 4.88. The average Bonchev–Trinajstić information content (AvgIpc) is 2.47. The van der Waals surface area contributed by atoms with Gasteiger partial charge >= 0.3 is 0 Å². The number of nitrogens with zero attached hydrogens (tertiary/aromatic N) is 2. The molecule has 0 bridgehead atoms. The molecule has 0 atom stereocenters. The zero-order valence-corrected chi connectivity index (χ0v) is 11.5. The highest BCUT2D eigenvalue weighted by Gasteiger charge is 2.32. The predicted octanol–water partition coefficient (Wildman–Crippen LogP) is 0.0150. The van der Waals surface area contributed by atoms with Gasteiger partial charge in [0, 0.05) is 37.7 Å². The highest BCUT2D eigenvalue weighted by Crippen LogP contribution is 2.15. The number of ether oxygens (including phenoxy) is 1. The van der Waals surface area contributed by atoms with Crippen LogP contribution in [0.5, 0.6) is 0 Å². The van der Waals surface area contributed by atoms with Crippen LogP contribution in [0.25, 0.3) is 0 Å². The van der Waals surface area contributed by atoms with Crippen molar-refractivity contribution >= 4 is 23.6 Å². The maximum absolute atomic E-state index is 12.2. The van der Waals surface area contributed by atoms with Crippen molar-refractivity contribution in [1.29, 1.82) is 0 Å². The zero-order valence-electron chi connectivity index (χ0n) is 10.7. The first-order chi connectivity index (χ1) is 8.70. The van der Waals surface area contributed by atoms with Crippen LogP contribution in [-0.2, 0) is 14.3 Å². The van der Waals surface area contributed by atoms with Gasteiger partial charge in [-0.3, -0.25) is 9.59 Å². The quantitative estimate of drug-likeness (QED) is 0.664. The molecular formula is C12H19N2O3S. The van der Waals surface area contributed by atoms with Crippen LogP contribution in [0, 0.1) is 5.92 Å². The normalized spacial score (nSPS) is 21.2. The molecule has 2 saturated heterocycles. The Morgan fingerprint density at radius 1 is 0.944 bits per heavy atom. The average molecular weight is 271 g/mol. The number of hydrogen-bond acceptors (Lipinski definition) is 4. The fourth-order valence-electron chi connectivity index (χ4n) is 2.10. The molecule has 0 spiro atoms. The molecule has 18 heavy (non-hydrogen) atoms. The molecule has 0 aromatic carbocycles. The molecule has 0 N–H and O–H groups in total. The van der Waals surface area contributed by atoms with Gasteiger partial charge in [-0.1, -0.05) is 0 Å². The van der Waals surface area contributed by atoms with Crippen molar-refractivity contribution in [3.8, 4) is 0 Å². The van der Waals surface area contributed by atoms with Crippen molar-refractivity contribution in [3.63, 3.8) is 0 Å². The fourth-order valence-corrected chi connectivity index (χ4v) is 3.00. The Bertz CT molecular complexity index is 282. The summed E-state index contributed by atoms with van der Waals surface area (Å²) in [5, 5.41) is 0. The SMILES string of the molecule is C[C](C(=O)N1CCOCC1)C(=O)N1CCSCC1. The molecule has 0 aliphatic carbocycles. The van der Waals surface area contributed by atoms with E-state index in [-0.39, 0.29) is 11.8 Å². The summed E-state index contributed by atoms with van der Waals surface area (Å²) in [6.07, 6.45) is 0. The monoisotopic (exact) mass is 271 g/mol. The van der Waals surface area contributed by atoms with E-state index in [1.54, 1.807) is 16.7 Å². The van der Waals surface area contributed by atoms with E-state index in [9.17, 15) is 9.59 Å². The lowest BCUT2D eigenvalue weighted by atomic mass is 10.1. The lowest BCUT2D eigenvalue weighted by Gasteiger charge is -2.32. The van der Waals surface area contributed by atoms with Crippen LogP contribution in [-0.4, -0.2) is 72.5 Å². The molecule has 0 saturated carbocycles. The minimum Gasteiger partial charge on any atom is -0.378 e. The van der Waals surface area contributed by atoms with Gasteiger partial charge in [0.15, 0.2) is 0 Å². The molecule has 6 heteroatoms. The Morgan fingerprint density at radius 2 is 1.44 bits per heavy atom. The van der Waals surface area contributed by atoms with E-state index in [0.29, 0.717) is 32.2 Å². The molecule has 2 aliphatic heterocycles. The van der Waals surface area contributed by atoms with Crippen LogP contribution in [0.15, 0.2) is 0 Å². The third-order valence-electron chi connectivity index (χ3n) is 3.24. The predicted molar refractivity (Wildman–Crippen MR) is 70.2 cm³/mol. The molecule has 2 fully saturated rings. The molecule has 2 rings (SSSR count). The molecular weight excluding hydrogens is 252 g/mol. The van der Waals surface area contributed by atoms with Gasteiger partial charge in [-0.05, 0) is 6.92 Å². The van der Waals surface area contributed by atoms with E-state index >= 15 is 0 Å². The summed E-state index contributed by atoms with van der Waals surface area (Å²) in [5.74, 6) is 2.02. The fraction of sp³-hybridized carbons (Fsp3) is 0.750. The molecule has 0 aromatic heterocycles. The number of carbonyl (C=O) groups excluding carboxylic acids is 2. The summed E-state index contributed by atoms with van der Waals surface area (Å²) in [6, 6.07) is 0. The standard InChI is InChI=1S/C12H19N2O3S/c1-10(11(15)13-2-6-17-7-3-13)12(16)14-4-8-18-9-5-14/h2-9H2,1H3. The minimum absolute atomic E-state index is 0.105. The van der Waals surface area contributed by atoms with Gasteiger partial charge in [0.1, 0.15) is 5.92 Å². The van der Waals surface area contributed by atoms with E-state index < -0.39 is 0 Å². The number of carbonyl (C=O) groups is 2. The van der Waals surface area contributed by atoms with Crippen LogP contribution < -0.4 is 0 Å². The second-order valence-electron chi connectivity index (χ2n) is 4.43. The van der Waals surface area contributed by atoms with Gasteiger partial charge in [-0.15, -0.1) is 0 Å². The molecule has 1 radical (unpaired) electrons. The van der Waals surface area contributed by atoms with E-state index in [2.05, 4.69) is 0 Å². The summed E-state index contributed by atoms with van der Waals surface area (Å²) in [4.78, 5) is 27.8. The van der Waals surface area contributed by atoms with Crippen LogP contribution in [0.3, 0.4) is 0 Å². The highest BCUT2D eigenvalue weighted by molar-refractivity contribution is 7.99. The molecule has 2 heterocycles. The van der Waals surface area contributed by atoms with Gasteiger partial charge in [0.2, 0.25) is 11.8 Å². The van der Waals surface area contributed by atoms with Crippen molar-refractivity contribution in [2.75, 3.05) is 50.9 Å². The summed E-state index contributed by atoms with van der Waals surface area (Å²) in [7, 11) is 0. The van der Waals surface area contributed by atoms with Crippen LogP contribution in [0.4, 0.5) is 0 Å². The Balaban J connectivity index is 1.90. The Morgan fingerprint density at radius 3 is 2.00 bits per heavy atom. The Hall–Kier alpha value is -0.750. The zero-order chi connectivity index (χ0) is 13.0. The largest absolute Gasteiger partial charge is 0.378 e. The lowest BCUT2D eigenvalue weighted by Crippen LogP contribution is -2.48. The molecule has 0 aromatic rings. The summed E-state index contributed by atoms with van der Waals surface area (Å²) in [5.41, 5.74) is 0. The first kappa shape index (κ1) is 13.7. The van der Waals surface area contributed by atoms with E-state index in [4.69, 9.17) is 4.74 Å². The van der Waals surface area contributed by atoms with Crippen LogP contribution in [0.1, 0.15) is 6.92 Å². The van der Waals surface area contributed by atoms with E-state index in [1.165, 1.54) is 0 Å². The van der Waals surface area contributed by atoms with E-state index in [0.717, 1.165) is 24.6 Å². The van der Waals surface area contributed by atoms with Gasteiger partial charge in [-0.2, -0.15) is 11.8 Å². The maximum atomic E-state index is 12.2. The molecule has 2 amide bonds. The van der Waals surface area contributed by atoms with Crippen molar-refractivity contribution in [2.45, 2.75) is 6.92 Å². The number of morpholine rings is 1. The minimum atomic E-state index is -0.137. The van der Waals surface area contributed by atoms with Crippen LogP contribution >= 0.6 is 11.8 Å². The number of hydrogen-bond donors (Lipinski definition) is 0. The Labute approximate surface area is 112 Å². The topological polar surface area (TPSA) is 49.9 Å². The first-order valence-corrected chi connectivity index (χ1v) is 7.43. The van der Waals surface area contributed by atoms with Crippen molar-refractivity contribution in [2.24, 2.45) is 0 Å². The van der Waals surface area contributed by atoms with Crippen molar-refractivity contribution < 1.29 is 14.3 Å². The number of thioether (sulfide) groups is 1. The summed E-state index contributed by atoms with van der Waals surface area (Å²) >= 11 is 1.85. The summed E-state index contributed by atoms with van der Waals surface area (Å²) < 4.78 is 5.21. The van der Waals surface area contributed by atoms with Crippen molar-refractivity contribution in [3.05, 3.63) is 5.92 Å². The summed E-state index contributed by atoms with van der Waals surface area (Å²) in [6.45, 7) is 5.43. The third kappa shape index (κ3) is 3.17. The first-order valence-electron chi connectivity index (χ1n) is 6.28.